The molecule has 0 aliphatic carbocycles. The molecule has 0 unspecified atom stereocenters. The second-order valence-electron chi connectivity index (χ2n) is 5.76. The largest absolute Gasteiger partial charge is 0.465 e. The van der Waals surface area contributed by atoms with E-state index >= 15 is 0 Å². The quantitative estimate of drug-likeness (QED) is 0.407. The third-order valence-corrected chi connectivity index (χ3v) is 4.78. The van der Waals surface area contributed by atoms with Gasteiger partial charge in [-0.25, -0.2) is 9.89 Å². The van der Waals surface area contributed by atoms with Crippen LogP contribution in [-0.2, 0) is 4.74 Å². The molecule has 3 heterocycles. The van der Waals surface area contributed by atoms with Crippen molar-refractivity contribution in [1.82, 2.24) is 29.5 Å². The number of benzene rings is 1. The molecule has 0 spiro atoms. The number of ether oxygens (including phenoxy) is 1. The maximum atomic E-state index is 13.0. The lowest BCUT2D eigenvalue weighted by atomic mass is 10.1. The van der Waals surface area contributed by atoms with Gasteiger partial charge in [-0.2, -0.15) is 14.8 Å². The third-order valence-electron chi connectivity index (χ3n) is 4.05. The number of hydrogen-bond donors (Lipinski definition) is 1. The van der Waals surface area contributed by atoms with Crippen LogP contribution in [0.15, 0.2) is 52.7 Å². The number of hydrogen-bond acceptors (Lipinski definition) is 7. The molecule has 1 aromatic carbocycles. The highest BCUT2D eigenvalue weighted by molar-refractivity contribution is 7.99. The summed E-state index contributed by atoms with van der Waals surface area (Å²) in [5.74, 6) is 0.609. The number of nitrogens with one attached hydrogen (secondary N) is 1. The van der Waals surface area contributed by atoms with Gasteiger partial charge < -0.3 is 4.74 Å². The number of rotatable bonds is 5. The molecule has 2 aliphatic rings. The Morgan fingerprint density at radius 1 is 1.25 bits per heavy atom. The normalized spacial score (nSPS) is 11.1. The van der Waals surface area contributed by atoms with Crippen molar-refractivity contribution in [3.63, 3.8) is 0 Å². The Bertz CT molecular complexity index is 1160. The number of nitrogens with zero attached hydrogens (tertiary/aromatic N) is 5. The van der Waals surface area contributed by atoms with Crippen molar-refractivity contribution in [2.75, 3.05) is 12.9 Å². The van der Waals surface area contributed by atoms with E-state index in [-0.39, 0.29) is 22.4 Å². The average molecular weight is 396 g/mol. The van der Waals surface area contributed by atoms with Crippen molar-refractivity contribution in [2.24, 2.45) is 0 Å². The summed E-state index contributed by atoms with van der Waals surface area (Å²) in [6.07, 6.45) is 3.11. The van der Waals surface area contributed by atoms with E-state index in [1.165, 1.54) is 29.8 Å². The van der Waals surface area contributed by atoms with Gasteiger partial charge in [-0.05, 0) is 17.9 Å². The minimum absolute atomic E-state index is 0.160. The number of aromatic nitrogens is 6. The van der Waals surface area contributed by atoms with Crippen LogP contribution in [0.2, 0.25) is 0 Å². The van der Waals surface area contributed by atoms with Crippen LogP contribution >= 0.6 is 11.8 Å². The molecule has 28 heavy (non-hydrogen) atoms. The summed E-state index contributed by atoms with van der Waals surface area (Å²) in [5.41, 5.74) is 0.955. The number of esters is 1. The van der Waals surface area contributed by atoms with Crippen LogP contribution in [-0.4, -0.2) is 48.4 Å². The van der Waals surface area contributed by atoms with Crippen LogP contribution in [0.25, 0.3) is 22.9 Å². The van der Waals surface area contributed by atoms with Crippen LogP contribution in [0.1, 0.15) is 17.3 Å². The van der Waals surface area contributed by atoms with Crippen molar-refractivity contribution in [3.05, 3.63) is 58.6 Å². The maximum absolute atomic E-state index is 13.0. The van der Waals surface area contributed by atoms with Crippen LogP contribution < -0.4 is 5.56 Å². The molecule has 4 rings (SSSR count). The summed E-state index contributed by atoms with van der Waals surface area (Å²) in [6, 6.07) is 9.00. The molecule has 0 saturated carbocycles. The van der Waals surface area contributed by atoms with E-state index in [0.717, 1.165) is 5.75 Å². The Kier molecular flexibility index (Phi) is 4.70. The van der Waals surface area contributed by atoms with Crippen molar-refractivity contribution in [2.45, 2.75) is 12.1 Å². The van der Waals surface area contributed by atoms with Gasteiger partial charge in [0.2, 0.25) is 11.1 Å². The van der Waals surface area contributed by atoms with Gasteiger partial charge in [0.05, 0.1) is 18.4 Å². The first-order chi connectivity index (χ1) is 13.6. The van der Waals surface area contributed by atoms with Gasteiger partial charge in [-0.3, -0.25) is 9.36 Å². The monoisotopic (exact) mass is 396 g/mol. The van der Waals surface area contributed by atoms with Gasteiger partial charge in [-0.1, -0.05) is 36.9 Å². The summed E-state index contributed by atoms with van der Waals surface area (Å²) >= 11 is 1.48. The number of methoxy groups -OCH3 is 1. The molecule has 0 saturated heterocycles. The molecule has 1 N–H and O–H groups in total. The summed E-state index contributed by atoms with van der Waals surface area (Å²) < 4.78 is 7.69. The standard InChI is InChI=1S/C18H16N6O3S/c1-3-28-18-19-17(20-21-18)23-9-12-14(13(10-23)16(26)27-2)22-24(15(12)25)11-7-5-4-6-8-11/h4-10H,3H2,1-2H3,(H,19,20,21). The predicted molar refractivity (Wildman–Crippen MR) is 103 cm³/mol. The van der Waals surface area contributed by atoms with Crippen LogP contribution in [0, 0.1) is 0 Å². The Hall–Kier alpha value is -3.40. The number of carbonyl (C=O) groups is 1. The lowest BCUT2D eigenvalue weighted by molar-refractivity contribution is 0.0600. The fourth-order valence-corrected chi connectivity index (χ4v) is 3.30. The molecule has 0 atom stereocenters. The van der Waals surface area contributed by atoms with Gasteiger partial charge in [-0.15, -0.1) is 5.10 Å². The number of para-hydroxylation sites is 1. The Morgan fingerprint density at radius 3 is 2.75 bits per heavy atom. The van der Waals surface area contributed by atoms with E-state index in [9.17, 15) is 9.59 Å². The van der Waals surface area contributed by atoms with Crippen molar-refractivity contribution in [3.8, 4) is 22.9 Å². The van der Waals surface area contributed by atoms with E-state index < -0.39 is 5.97 Å². The second-order valence-corrected chi connectivity index (χ2v) is 6.99. The van der Waals surface area contributed by atoms with Crippen molar-refractivity contribution in [1.29, 1.82) is 0 Å². The Labute approximate surface area is 163 Å². The summed E-state index contributed by atoms with van der Waals surface area (Å²) in [7, 11) is 1.28. The number of carbonyl (C=O) groups excluding carboxylic acids is 1. The first-order valence-corrected chi connectivity index (χ1v) is 9.45. The van der Waals surface area contributed by atoms with E-state index in [1.807, 2.05) is 25.1 Å². The number of pyridine rings is 1. The van der Waals surface area contributed by atoms with E-state index in [0.29, 0.717) is 16.8 Å². The molecule has 2 aliphatic heterocycles. The molecular weight excluding hydrogens is 380 g/mol. The third kappa shape index (κ3) is 3.07. The molecule has 142 valence electrons. The second kappa shape index (κ2) is 7.31. The van der Waals surface area contributed by atoms with Crippen LogP contribution in [0.5, 0.6) is 0 Å². The van der Waals surface area contributed by atoms with Gasteiger partial charge in [0, 0.05) is 12.4 Å². The molecule has 1 aromatic heterocycles. The molecule has 0 amide bonds. The van der Waals surface area contributed by atoms with E-state index in [1.54, 1.807) is 22.9 Å². The molecule has 9 nitrogen and oxygen atoms in total. The van der Waals surface area contributed by atoms with Gasteiger partial charge in [0.15, 0.2) is 0 Å². The topological polar surface area (TPSA) is 108 Å². The van der Waals surface area contributed by atoms with Crippen molar-refractivity contribution >= 4 is 17.7 Å². The number of aromatic amines is 1. The first kappa shape index (κ1) is 18.0. The average Bonchev–Trinajstić information content (AvgIpc) is 3.32. The fraction of sp³-hybridized carbons (Fsp3) is 0.167. The fourth-order valence-electron chi connectivity index (χ4n) is 2.78. The van der Waals surface area contributed by atoms with Gasteiger partial charge >= 0.3 is 5.97 Å². The molecule has 0 bridgehead atoms. The molecule has 0 radical (unpaired) electrons. The summed E-state index contributed by atoms with van der Waals surface area (Å²) in [6.45, 7) is 2.00. The van der Waals surface area contributed by atoms with Crippen molar-refractivity contribution < 1.29 is 9.53 Å². The number of thioether (sulfide) groups is 1. The summed E-state index contributed by atoms with van der Waals surface area (Å²) in [5, 5.41) is 11.9. The lowest BCUT2D eigenvalue weighted by Crippen LogP contribution is -2.15. The molecule has 0 fully saturated rings. The van der Waals surface area contributed by atoms with E-state index in [2.05, 4.69) is 20.3 Å². The number of H-pyrrole nitrogens is 1. The Balaban J connectivity index is 1.93. The molecule has 10 heteroatoms. The lowest BCUT2D eigenvalue weighted by Gasteiger charge is -2.08. The smallest absolute Gasteiger partial charge is 0.341 e. The highest BCUT2D eigenvalue weighted by Gasteiger charge is 2.25. The zero-order chi connectivity index (χ0) is 19.7. The van der Waals surface area contributed by atoms with E-state index in [4.69, 9.17) is 4.74 Å². The highest BCUT2D eigenvalue weighted by atomic mass is 32.2. The SMILES string of the molecule is CCSc1n[nH]c(-n2cc(C(=O)OC)c3nn(-c4ccccc4)c(=O)c-3c2)n1. The predicted octanol–water partition coefficient (Wildman–Crippen LogP) is 2.14. The summed E-state index contributed by atoms with van der Waals surface area (Å²) in [4.78, 5) is 29.7. The minimum atomic E-state index is -0.597. The molecular formula is C18H16N6O3S. The molecule has 2 aromatic rings. The minimum Gasteiger partial charge on any atom is -0.465 e. The zero-order valence-corrected chi connectivity index (χ0v) is 15.9. The highest BCUT2D eigenvalue weighted by Crippen LogP contribution is 2.24. The van der Waals surface area contributed by atoms with Gasteiger partial charge in [0.1, 0.15) is 11.3 Å². The Morgan fingerprint density at radius 2 is 2.04 bits per heavy atom. The zero-order valence-electron chi connectivity index (χ0n) is 15.1. The first-order valence-electron chi connectivity index (χ1n) is 8.46. The maximum Gasteiger partial charge on any atom is 0.341 e. The number of fused-ring (bicyclic) bond motifs is 1. The van der Waals surface area contributed by atoms with Crippen LogP contribution in [0.4, 0.5) is 0 Å². The van der Waals surface area contributed by atoms with Crippen LogP contribution in [0.3, 0.4) is 0 Å². The van der Waals surface area contributed by atoms with Gasteiger partial charge in [0.25, 0.3) is 5.56 Å².